The molecule has 0 aliphatic carbocycles. The van der Waals surface area contributed by atoms with Crippen LogP contribution in [0.3, 0.4) is 0 Å². The lowest BCUT2D eigenvalue weighted by atomic mass is 9.84. The third kappa shape index (κ3) is 7.58. The second kappa shape index (κ2) is 11.9. The number of primary amides is 1. The largest absolute Gasteiger partial charge is 0.491 e. The molecule has 1 aromatic carbocycles. The van der Waals surface area contributed by atoms with Gasteiger partial charge in [-0.2, -0.15) is 5.26 Å². The van der Waals surface area contributed by atoms with Crippen LogP contribution in [0.1, 0.15) is 25.3 Å². The topological polar surface area (TPSA) is 120 Å². The van der Waals surface area contributed by atoms with Crippen LogP contribution in [-0.4, -0.2) is 99.6 Å². The van der Waals surface area contributed by atoms with Gasteiger partial charge in [0.25, 0.3) is 0 Å². The number of likely N-dealkylation sites (N-methyl/N-ethyl adjacent to an activating group) is 1. The summed E-state index contributed by atoms with van der Waals surface area (Å²) in [6.07, 6.45) is 1.88. The lowest BCUT2D eigenvalue weighted by molar-refractivity contribution is 0.0179. The minimum Gasteiger partial charge on any atom is -0.491 e. The summed E-state index contributed by atoms with van der Waals surface area (Å²) in [6, 6.07) is 8.33. The standard InChI is InChI=1S/C24H37N5O4S/c1-3-34(31,32)10-4-9-28-13-20-11-21(14-28)16-29(15-20)17-22(27(2)24(26)30)18-33-23-7-5-19(12-25)6-8-23/h5-8,20-22H,3-4,9-11,13-18H2,1-2H3,(H2,26,30). The molecule has 10 heteroatoms. The molecule has 2 fully saturated rings. The number of carbonyl (C=O) groups excluding carboxylic acids is 1. The Morgan fingerprint density at radius 1 is 1.21 bits per heavy atom. The van der Waals surface area contributed by atoms with Gasteiger partial charge in [-0.3, -0.25) is 0 Å². The molecule has 1 aromatic rings. The number of amides is 2. The number of ether oxygens (including phenoxy) is 1. The molecule has 3 atom stereocenters. The van der Waals surface area contributed by atoms with Crippen molar-refractivity contribution in [1.29, 1.82) is 5.26 Å². The van der Waals surface area contributed by atoms with E-state index in [1.54, 1.807) is 38.2 Å². The molecule has 2 saturated heterocycles. The first-order valence-corrected chi connectivity index (χ1v) is 13.8. The lowest BCUT2D eigenvalue weighted by Crippen LogP contribution is -2.56. The smallest absolute Gasteiger partial charge is 0.314 e. The number of sulfone groups is 1. The number of nitrogens with zero attached hydrogens (tertiary/aromatic N) is 4. The number of rotatable bonds is 11. The highest BCUT2D eigenvalue weighted by atomic mass is 32.2. The maximum atomic E-state index is 11.9. The Balaban J connectivity index is 1.53. The van der Waals surface area contributed by atoms with Gasteiger partial charge in [-0.05, 0) is 55.5 Å². The number of fused-ring (bicyclic) bond motifs is 2. The van der Waals surface area contributed by atoms with Crippen molar-refractivity contribution in [2.45, 2.75) is 25.8 Å². The number of benzene rings is 1. The van der Waals surface area contributed by atoms with Crippen molar-refractivity contribution < 1.29 is 17.9 Å². The number of likely N-dealkylation sites (tertiary alicyclic amines) is 2. The number of urea groups is 1. The van der Waals surface area contributed by atoms with Gasteiger partial charge in [-0.25, -0.2) is 13.2 Å². The third-order valence-electron chi connectivity index (χ3n) is 6.89. The van der Waals surface area contributed by atoms with E-state index in [9.17, 15) is 13.2 Å². The van der Waals surface area contributed by atoms with Crippen LogP contribution in [0.15, 0.2) is 24.3 Å². The summed E-state index contributed by atoms with van der Waals surface area (Å²) in [5, 5.41) is 8.95. The normalized spacial score (nSPS) is 22.0. The molecule has 3 rings (SSSR count). The minimum atomic E-state index is -2.91. The Kier molecular flexibility index (Phi) is 9.17. The molecule has 34 heavy (non-hydrogen) atoms. The molecule has 0 radical (unpaired) electrons. The van der Waals surface area contributed by atoms with E-state index in [0.717, 1.165) is 32.7 Å². The zero-order chi connectivity index (χ0) is 24.7. The Bertz CT molecular complexity index is 949. The summed E-state index contributed by atoms with van der Waals surface area (Å²) in [4.78, 5) is 18.3. The zero-order valence-electron chi connectivity index (χ0n) is 20.2. The van der Waals surface area contributed by atoms with Gasteiger partial charge in [-0.1, -0.05) is 6.92 Å². The maximum Gasteiger partial charge on any atom is 0.314 e. The highest BCUT2D eigenvalue weighted by Gasteiger charge is 2.35. The average molecular weight is 492 g/mol. The van der Waals surface area contributed by atoms with Crippen molar-refractivity contribution >= 4 is 15.9 Å². The first kappa shape index (κ1) is 26.3. The number of nitrogens with two attached hydrogens (primary N) is 1. The fourth-order valence-electron chi connectivity index (χ4n) is 5.06. The second-order valence-corrected chi connectivity index (χ2v) is 12.1. The first-order chi connectivity index (χ1) is 16.2. The van der Waals surface area contributed by atoms with Crippen molar-refractivity contribution in [3.8, 4) is 11.8 Å². The molecule has 2 aliphatic rings. The lowest BCUT2D eigenvalue weighted by Gasteiger charge is -2.47. The molecule has 2 N–H and O–H groups in total. The quantitative estimate of drug-likeness (QED) is 0.497. The van der Waals surface area contributed by atoms with Gasteiger partial charge in [0, 0.05) is 45.5 Å². The number of carbonyl (C=O) groups is 1. The Morgan fingerprint density at radius 2 is 1.82 bits per heavy atom. The number of hydrogen-bond donors (Lipinski definition) is 1. The highest BCUT2D eigenvalue weighted by molar-refractivity contribution is 7.91. The fourth-order valence-corrected chi connectivity index (χ4v) is 5.92. The predicted octanol–water partition coefficient (Wildman–Crippen LogP) is 1.39. The maximum absolute atomic E-state index is 11.9. The van der Waals surface area contributed by atoms with Gasteiger partial charge >= 0.3 is 6.03 Å². The van der Waals surface area contributed by atoms with Crippen molar-refractivity contribution in [2.75, 3.05) is 64.4 Å². The van der Waals surface area contributed by atoms with Crippen LogP contribution in [0, 0.1) is 23.2 Å². The number of hydrogen-bond acceptors (Lipinski definition) is 7. The Morgan fingerprint density at radius 3 is 2.38 bits per heavy atom. The van der Waals surface area contributed by atoms with Gasteiger partial charge in [0.15, 0.2) is 0 Å². The number of piperidine rings is 2. The molecule has 2 aliphatic heterocycles. The van der Waals surface area contributed by atoms with Crippen molar-refractivity contribution in [2.24, 2.45) is 17.6 Å². The molecule has 9 nitrogen and oxygen atoms in total. The SMILES string of the molecule is CCS(=O)(=O)CCCN1CC2CC(C1)CN(CC(COc1ccc(C#N)cc1)N(C)C(N)=O)C2. The average Bonchev–Trinajstić information content (AvgIpc) is 2.81. The predicted molar refractivity (Wildman–Crippen MR) is 131 cm³/mol. The van der Waals surface area contributed by atoms with Crippen LogP contribution in [0.5, 0.6) is 5.75 Å². The Labute approximate surface area is 203 Å². The van der Waals surface area contributed by atoms with Crippen LogP contribution in [-0.2, 0) is 9.84 Å². The van der Waals surface area contributed by atoms with Crippen LogP contribution in [0.25, 0.3) is 0 Å². The van der Waals surface area contributed by atoms with Crippen LogP contribution < -0.4 is 10.5 Å². The van der Waals surface area contributed by atoms with E-state index in [0.29, 0.717) is 42.7 Å². The number of nitriles is 1. The van der Waals surface area contributed by atoms with E-state index < -0.39 is 15.9 Å². The first-order valence-electron chi connectivity index (χ1n) is 12.0. The van der Waals surface area contributed by atoms with Gasteiger partial charge < -0.3 is 25.2 Å². The Hall–Kier alpha value is -2.35. The summed E-state index contributed by atoms with van der Waals surface area (Å²) in [5.74, 6) is 2.20. The van der Waals surface area contributed by atoms with Gasteiger partial charge in [0.05, 0.1) is 23.4 Å². The monoisotopic (exact) mass is 491 g/mol. The second-order valence-electron chi connectivity index (χ2n) is 9.59. The van der Waals surface area contributed by atoms with E-state index in [1.807, 2.05) is 0 Å². The highest BCUT2D eigenvalue weighted by Crippen LogP contribution is 2.29. The molecule has 2 amide bonds. The molecular formula is C24H37N5O4S. The van der Waals surface area contributed by atoms with Gasteiger partial charge in [-0.15, -0.1) is 0 Å². The van der Waals surface area contributed by atoms with E-state index in [1.165, 1.54) is 11.3 Å². The minimum absolute atomic E-state index is 0.192. The molecule has 188 valence electrons. The van der Waals surface area contributed by atoms with Gasteiger partial charge in [0.1, 0.15) is 22.2 Å². The molecule has 2 bridgehead atoms. The van der Waals surface area contributed by atoms with Crippen molar-refractivity contribution in [3.63, 3.8) is 0 Å². The van der Waals surface area contributed by atoms with Crippen molar-refractivity contribution in [3.05, 3.63) is 29.8 Å². The van der Waals surface area contributed by atoms with E-state index >= 15 is 0 Å². The van der Waals surface area contributed by atoms with E-state index in [2.05, 4.69) is 15.9 Å². The molecule has 0 spiro atoms. The summed E-state index contributed by atoms with van der Waals surface area (Å²) in [6.45, 7) is 7.38. The van der Waals surface area contributed by atoms with Crippen LogP contribution in [0.4, 0.5) is 4.79 Å². The van der Waals surface area contributed by atoms with Gasteiger partial charge in [0.2, 0.25) is 0 Å². The molecular weight excluding hydrogens is 454 g/mol. The summed E-state index contributed by atoms with van der Waals surface area (Å²) < 4.78 is 29.5. The fraction of sp³-hybridized carbons (Fsp3) is 0.667. The molecule has 3 unspecified atom stereocenters. The van der Waals surface area contributed by atoms with Crippen LogP contribution in [0.2, 0.25) is 0 Å². The summed E-state index contributed by atoms with van der Waals surface area (Å²) in [5.41, 5.74) is 6.14. The summed E-state index contributed by atoms with van der Waals surface area (Å²) in [7, 11) is -1.21. The third-order valence-corrected chi connectivity index (χ3v) is 8.68. The zero-order valence-corrected chi connectivity index (χ0v) is 21.0. The van der Waals surface area contributed by atoms with E-state index in [4.69, 9.17) is 15.7 Å². The van der Waals surface area contributed by atoms with Crippen LogP contribution >= 0.6 is 0 Å². The van der Waals surface area contributed by atoms with Crippen molar-refractivity contribution in [1.82, 2.24) is 14.7 Å². The molecule has 0 aromatic heterocycles. The molecule has 2 heterocycles. The summed E-state index contributed by atoms with van der Waals surface area (Å²) >= 11 is 0. The van der Waals surface area contributed by atoms with E-state index in [-0.39, 0.29) is 17.5 Å². The molecule has 0 saturated carbocycles.